The molecule has 1 heterocycles. The molecule has 4 nitrogen and oxygen atoms in total. The standard InChI is InChI=1S/C15H15BrN4/c16-11-6-7-14(18-9-11)20-15(17)19-13-8-12(13)10-4-2-1-3-5-10/h1-7,9,12-13H,8H2,(H3,17,18,19,20)/t12-,13-/m1/s1. The highest BCUT2D eigenvalue weighted by Crippen LogP contribution is 2.43. The summed E-state index contributed by atoms with van der Waals surface area (Å²) in [5.41, 5.74) is 7.24. The number of nitrogens with two attached hydrogens (primary N) is 1. The number of nitrogens with zero attached hydrogens (tertiary/aromatic N) is 2. The average molecular weight is 331 g/mol. The first-order valence-corrected chi connectivity index (χ1v) is 7.28. The maximum absolute atomic E-state index is 5.91. The van der Waals surface area contributed by atoms with Crippen LogP contribution in [-0.4, -0.2) is 17.0 Å². The van der Waals surface area contributed by atoms with Crippen molar-refractivity contribution < 1.29 is 0 Å². The van der Waals surface area contributed by atoms with Crippen LogP contribution in [-0.2, 0) is 0 Å². The van der Waals surface area contributed by atoms with Crippen LogP contribution in [0.3, 0.4) is 0 Å². The number of aromatic nitrogens is 1. The second-order valence-corrected chi connectivity index (χ2v) is 5.74. The predicted octanol–water partition coefficient (Wildman–Crippen LogP) is 3.13. The number of rotatable bonds is 3. The van der Waals surface area contributed by atoms with Crippen molar-refractivity contribution in [3.05, 3.63) is 58.7 Å². The molecule has 0 aliphatic heterocycles. The molecular weight excluding hydrogens is 316 g/mol. The third kappa shape index (κ3) is 3.17. The Hall–Kier alpha value is -1.88. The van der Waals surface area contributed by atoms with Gasteiger partial charge in [0.25, 0.3) is 0 Å². The van der Waals surface area contributed by atoms with Crippen molar-refractivity contribution in [3.63, 3.8) is 0 Å². The molecule has 1 fully saturated rings. The number of benzene rings is 1. The molecule has 0 unspecified atom stereocenters. The minimum absolute atomic E-state index is 0.278. The van der Waals surface area contributed by atoms with Gasteiger partial charge in [0.05, 0.1) is 6.04 Å². The molecule has 3 rings (SSSR count). The lowest BCUT2D eigenvalue weighted by atomic mass is 10.1. The summed E-state index contributed by atoms with van der Waals surface area (Å²) in [6.45, 7) is 0. The van der Waals surface area contributed by atoms with E-state index >= 15 is 0 Å². The summed E-state index contributed by atoms with van der Waals surface area (Å²) in [5.74, 6) is 1.61. The molecule has 1 saturated carbocycles. The molecule has 0 amide bonds. The molecule has 102 valence electrons. The maximum Gasteiger partial charge on any atom is 0.194 e. The smallest absolute Gasteiger partial charge is 0.194 e. The van der Waals surface area contributed by atoms with Crippen molar-refractivity contribution in [2.24, 2.45) is 10.7 Å². The molecule has 20 heavy (non-hydrogen) atoms. The van der Waals surface area contributed by atoms with Gasteiger partial charge in [0.15, 0.2) is 5.96 Å². The number of anilines is 1. The Bertz CT molecular complexity index is 610. The molecule has 1 aromatic carbocycles. The Labute approximate surface area is 126 Å². The van der Waals surface area contributed by atoms with Crippen molar-refractivity contribution in [1.29, 1.82) is 0 Å². The van der Waals surface area contributed by atoms with E-state index in [1.54, 1.807) is 6.20 Å². The van der Waals surface area contributed by atoms with E-state index in [9.17, 15) is 0 Å². The van der Waals surface area contributed by atoms with Crippen LogP contribution in [0.4, 0.5) is 5.82 Å². The van der Waals surface area contributed by atoms with Gasteiger partial charge >= 0.3 is 0 Å². The average Bonchev–Trinajstić information content (AvgIpc) is 3.21. The van der Waals surface area contributed by atoms with Crippen molar-refractivity contribution in [2.45, 2.75) is 18.4 Å². The van der Waals surface area contributed by atoms with E-state index in [0.29, 0.717) is 17.7 Å². The minimum Gasteiger partial charge on any atom is -0.370 e. The van der Waals surface area contributed by atoms with Crippen LogP contribution in [0.15, 0.2) is 58.1 Å². The summed E-state index contributed by atoms with van der Waals surface area (Å²) in [5, 5.41) is 3.01. The Morgan fingerprint density at radius 2 is 2.05 bits per heavy atom. The van der Waals surface area contributed by atoms with Gasteiger partial charge in [-0.3, -0.25) is 0 Å². The molecule has 0 spiro atoms. The number of nitrogens with one attached hydrogen (secondary N) is 1. The minimum atomic E-state index is 0.278. The Morgan fingerprint density at radius 1 is 1.25 bits per heavy atom. The fourth-order valence-electron chi connectivity index (χ4n) is 2.17. The van der Waals surface area contributed by atoms with E-state index in [1.165, 1.54) is 5.56 Å². The number of hydrogen-bond acceptors (Lipinski definition) is 2. The van der Waals surface area contributed by atoms with Gasteiger partial charge < -0.3 is 11.1 Å². The zero-order valence-corrected chi connectivity index (χ0v) is 12.4. The first kappa shape index (κ1) is 13.1. The van der Waals surface area contributed by atoms with Crippen molar-refractivity contribution >= 4 is 27.7 Å². The number of aliphatic imine (C=N–C) groups is 1. The van der Waals surface area contributed by atoms with Crippen molar-refractivity contribution in [2.75, 3.05) is 5.32 Å². The van der Waals surface area contributed by atoms with Gasteiger partial charge in [0.1, 0.15) is 5.82 Å². The molecular formula is C15H15BrN4. The monoisotopic (exact) mass is 330 g/mol. The van der Waals surface area contributed by atoms with Crippen LogP contribution < -0.4 is 11.1 Å². The summed E-state index contributed by atoms with van der Waals surface area (Å²) >= 11 is 3.34. The molecule has 3 N–H and O–H groups in total. The van der Waals surface area contributed by atoms with Gasteiger partial charge in [-0.2, -0.15) is 0 Å². The number of halogens is 1. The fourth-order valence-corrected chi connectivity index (χ4v) is 2.41. The van der Waals surface area contributed by atoms with Crippen LogP contribution in [0.2, 0.25) is 0 Å². The van der Waals surface area contributed by atoms with Crippen LogP contribution in [0.1, 0.15) is 17.9 Å². The lowest BCUT2D eigenvalue weighted by Crippen LogP contribution is -2.23. The van der Waals surface area contributed by atoms with E-state index in [0.717, 1.165) is 10.9 Å². The molecule has 2 atom stereocenters. The summed E-state index contributed by atoms with van der Waals surface area (Å²) < 4.78 is 0.935. The van der Waals surface area contributed by atoms with Crippen molar-refractivity contribution in [3.8, 4) is 0 Å². The van der Waals surface area contributed by atoms with Gasteiger partial charge in [-0.05, 0) is 40.0 Å². The van der Waals surface area contributed by atoms with Gasteiger partial charge in [0.2, 0.25) is 0 Å². The molecule has 1 aliphatic rings. The zero-order valence-electron chi connectivity index (χ0n) is 10.8. The summed E-state index contributed by atoms with van der Waals surface area (Å²) in [6.07, 6.45) is 2.78. The van der Waals surface area contributed by atoms with Crippen molar-refractivity contribution in [1.82, 2.24) is 4.98 Å². The second-order valence-electron chi connectivity index (χ2n) is 4.82. The summed E-state index contributed by atoms with van der Waals surface area (Å²) in [6, 6.07) is 14.5. The first-order chi connectivity index (χ1) is 9.72. The normalized spacial score (nSPS) is 21.6. The summed E-state index contributed by atoms with van der Waals surface area (Å²) in [7, 11) is 0. The van der Waals surface area contributed by atoms with Crippen LogP contribution in [0.25, 0.3) is 0 Å². The quantitative estimate of drug-likeness (QED) is 0.671. The molecule has 0 bridgehead atoms. The molecule has 2 aromatic rings. The van der Waals surface area contributed by atoms with Gasteiger partial charge in [-0.25, -0.2) is 9.98 Å². The predicted molar refractivity (Wildman–Crippen MR) is 84.8 cm³/mol. The Kier molecular flexibility index (Phi) is 3.69. The number of guanidine groups is 1. The van der Waals surface area contributed by atoms with Gasteiger partial charge in [-0.15, -0.1) is 0 Å². The van der Waals surface area contributed by atoms with E-state index in [1.807, 2.05) is 18.2 Å². The van der Waals surface area contributed by atoms with E-state index < -0.39 is 0 Å². The topological polar surface area (TPSA) is 63.3 Å². The molecule has 0 saturated heterocycles. The van der Waals surface area contributed by atoms with E-state index in [2.05, 4.69) is 55.5 Å². The second kappa shape index (κ2) is 5.63. The van der Waals surface area contributed by atoms with E-state index in [-0.39, 0.29) is 6.04 Å². The van der Waals surface area contributed by atoms with Crippen LogP contribution in [0, 0.1) is 0 Å². The molecule has 1 aromatic heterocycles. The molecule has 5 heteroatoms. The summed E-state index contributed by atoms with van der Waals surface area (Å²) in [4.78, 5) is 8.70. The van der Waals surface area contributed by atoms with Gasteiger partial charge in [0, 0.05) is 16.6 Å². The first-order valence-electron chi connectivity index (χ1n) is 6.49. The SMILES string of the molecule is NC(=N[C@@H]1C[C@@H]1c1ccccc1)Nc1ccc(Br)cn1. The van der Waals surface area contributed by atoms with Gasteiger partial charge in [-0.1, -0.05) is 30.3 Å². The molecule has 1 aliphatic carbocycles. The van der Waals surface area contributed by atoms with Crippen LogP contribution >= 0.6 is 15.9 Å². The molecule has 0 radical (unpaired) electrons. The van der Waals surface area contributed by atoms with Crippen LogP contribution in [0.5, 0.6) is 0 Å². The van der Waals surface area contributed by atoms with E-state index in [4.69, 9.17) is 5.73 Å². The highest BCUT2D eigenvalue weighted by molar-refractivity contribution is 9.10. The highest BCUT2D eigenvalue weighted by atomic mass is 79.9. The zero-order chi connectivity index (χ0) is 13.9. The lowest BCUT2D eigenvalue weighted by molar-refractivity contribution is 0.984. The Balaban J connectivity index is 1.61. The lowest BCUT2D eigenvalue weighted by Gasteiger charge is -2.04. The third-order valence-corrected chi connectivity index (χ3v) is 3.74. The largest absolute Gasteiger partial charge is 0.370 e. The Morgan fingerprint density at radius 3 is 2.75 bits per heavy atom. The number of hydrogen-bond donors (Lipinski definition) is 2. The highest BCUT2D eigenvalue weighted by Gasteiger charge is 2.38. The third-order valence-electron chi connectivity index (χ3n) is 3.27. The fraction of sp³-hybridized carbons (Fsp3) is 0.200. The maximum atomic E-state index is 5.91. The number of pyridine rings is 1.